The Morgan fingerprint density at radius 1 is 0.500 bits per heavy atom. The molecular weight excluding hydrogens is 699 g/mol. The summed E-state index contributed by atoms with van der Waals surface area (Å²) in [5.41, 5.74) is 0. The molecule has 1 N–H and O–H groups in total. The van der Waals surface area contributed by atoms with Crippen LogP contribution in [0.3, 0.4) is 0 Å². The van der Waals surface area contributed by atoms with E-state index in [0.29, 0.717) is 6.42 Å². The maximum atomic E-state index is 12.5. The number of esters is 2. The minimum absolute atomic E-state index is 0.00268. The second-order valence-electron chi connectivity index (χ2n) is 14.7. The van der Waals surface area contributed by atoms with Crippen molar-refractivity contribution in [3.63, 3.8) is 0 Å². The summed E-state index contributed by atoms with van der Waals surface area (Å²) in [7, 11) is -4.28. The van der Waals surface area contributed by atoms with Crippen LogP contribution in [0.15, 0.2) is 36.5 Å². The van der Waals surface area contributed by atoms with E-state index in [1.54, 1.807) is 6.92 Å². The van der Waals surface area contributed by atoms with E-state index in [1.807, 2.05) is 0 Å². The standard InChI is InChI=1S/C45H83O8P/c1-4-7-9-11-13-15-17-19-21-22-23-24-26-27-29-31-33-35-37-39-44(46)50-41-43(42-52-54(48,49)51-6-3)53-45(47)40-38-36-34-32-30-28-25-20-18-16-14-12-10-8-5-2/h14,16,19-21,25,43H,4-13,15,17-18,22-24,26-42H2,1-3H3,(H,48,49)/b16-14-,21-19-,25-20-. The lowest BCUT2D eigenvalue weighted by molar-refractivity contribution is -0.161. The van der Waals surface area contributed by atoms with Crippen LogP contribution in [-0.4, -0.2) is 42.8 Å². The van der Waals surface area contributed by atoms with Gasteiger partial charge in [0.1, 0.15) is 6.61 Å². The molecule has 0 amide bonds. The third-order valence-electron chi connectivity index (χ3n) is 9.42. The topological polar surface area (TPSA) is 108 Å². The average molecular weight is 783 g/mol. The van der Waals surface area contributed by atoms with Crippen LogP contribution >= 0.6 is 7.82 Å². The maximum absolute atomic E-state index is 12.5. The molecule has 0 aliphatic rings. The highest BCUT2D eigenvalue weighted by molar-refractivity contribution is 7.47. The molecule has 54 heavy (non-hydrogen) atoms. The van der Waals surface area contributed by atoms with E-state index in [4.69, 9.17) is 18.5 Å². The van der Waals surface area contributed by atoms with Gasteiger partial charge >= 0.3 is 19.8 Å². The van der Waals surface area contributed by atoms with Gasteiger partial charge in [-0.05, 0) is 77.6 Å². The fourth-order valence-electron chi connectivity index (χ4n) is 6.12. The number of rotatable bonds is 41. The van der Waals surface area contributed by atoms with Crippen molar-refractivity contribution < 1.29 is 37.6 Å². The predicted octanol–water partition coefficient (Wildman–Crippen LogP) is 14.0. The Morgan fingerprint density at radius 2 is 0.889 bits per heavy atom. The lowest BCUT2D eigenvalue weighted by Crippen LogP contribution is -2.29. The Kier molecular flexibility index (Phi) is 39.6. The second-order valence-corrected chi connectivity index (χ2v) is 16.2. The number of phosphoric acid groups is 1. The first-order valence-electron chi connectivity index (χ1n) is 22.3. The summed E-state index contributed by atoms with van der Waals surface area (Å²) in [6, 6.07) is 0. The molecule has 0 heterocycles. The molecule has 0 radical (unpaired) electrons. The van der Waals surface area contributed by atoms with E-state index in [1.165, 1.54) is 116 Å². The highest BCUT2D eigenvalue weighted by Crippen LogP contribution is 2.43. The molecule has 0 rings (SSSR count). The molecule has 0 aromatic carbocycles. The van der Waals surface area contributed by atoms with Gasteiger partial charge in [0, 0.05) is 12.8 Å². The largest absolute Gasteiger partial charge is 0.472 e. The molecule has 0 aromatic heterocycles. The van der Waals surface area contributed by atoms with Crippen molar-refractivity contribution in [1.29, 1.82) is 0 Å². The van der Waals surface area contributed by atoms with E-state index in [9.17, 15) is 19.0 Å². The van der Waals surface area contributed by atoms with Crippen LogP contribution in [0.5, 0.6) is 0 Å². The minimum atomic E-state index is -4.28. The summed E-state index contributed by atoms with van der Waals surface area (Å²) in [6.07, 6.45) is 46.2. The number of phosphoric ester groups is 1. The Balaban J connectivity index is 4.06. The SMILES string of the molecule is CCCCC/C=C\C/C=C\CCCCCCCC(=O)OC(COC(=O)CCCCCCCCCCC/C=C\CCCCCCCC)COP(=O)(O)OCC. The van der Waals surface area contributed by atoms with Crippen LogP contribution in [0.1, 0.15) is 213 Å². The van der Waals surface area contributed by atoms with Crippen molar-refractivity contribution in [2.24, 2.45) is 0 Å². The third-order valence-corrected chi connectivity index (χ3v) is 10.5. The van der Waals surface area contributed by atoms with Gasteiger partial charge in [0.15, 0.2) is 6.10 Å². The molecular formula is C45H83O8P. The first-order chi connectivity index (χ1) is 26.3. The van der Waals surface area contributed by atoms with Crippen LogP contribution in [0.4, 0.5) is 0 Å². The Labute approximate surface area is 332 Å². The summed E-state index contributed by atoms with van der Waals surface area (Å²) >= 11 is 0. The number of unbranched alkanes of at least 4 members (excludes halogenated alkanes) is 23. The average Bonchev–Trinajstić information content (AvgIpc) is 3.15. The van der Waals surface area contributed by atoms with E-state index in [-0.39, 0.29) is 32.0 Å². The first-order valence-corrected chi connectivity index (χ1v) is 23.8. The van der Waals surface area contributed by atoms with Gasteiger partial charge in [-0.1, -0.05) is 159 Å². The molecule has 0 aliphatic heterocycles. The van der Waals surface area contributed by atoms with E-state index >= 15 is 0 Å². The van der Waals surface area contributed by atoms with Crippen LogP contribution in [0.2, 0.25) is 0 Å². The number of hydrogen-bond acceptors (Lipinski definition) is 7. The fraction of sp³-hybridized carbons (Fsp3) is 0.822. The molecule has 0 saturated heterocycles. The summed E-state index contributed by atoms with van der Waals surface area (Å²) in [4.78, 5) is 34.8. The number of allylic oxidation sites excluding steroid dienone is 6. The van der Waals surface area contributed by atoms with Crippen molar-refractivity contribution in [3.05, 3.63) is 36.5 Å². The molecule has 316 valence electrons. The summed E-state index contributed by atoms with van der Waals surface area (Å²) < 4.78 is 32.6. The zero-order valence-electron chi connectivity index (χ0n) is 35.1. The fourth-order valence-corrected chi connectivity index (χ4v) is 6.88. The highest BCUT2D eigenvalue weighted by Gasteiger charge is 2.25. The van der Waals surface area contributed by atoms with Gasteiger partial charge in [-0.25, -0.2) is 4.57 Å². The monoisotopic (exact) mass is 783 g/mol. The summed E-state index contributed by atoms with van der Waals surface area (Å²) in [5.74, 6) is -0.812. The van der Waals surface area contributed by atoms with Gasteiger partial charge in [0.25, 0.3) is 0 Å². The smallest absolute Gasteiger partial charge is 0.462 e. The summed E-state index contributed by atoms with van der Waals surface area (Å²) in [5, 5.41) is 0. The maximum Gasteiger partial charge on any atom is 0.472 e. The van der Waals surface area contributed by atoms with E-state index in [0.717, 1.165) is 57.8 Å². The molecule has 8 nitrogen and oxygen atoms in total. The molecule has 0 bridgehead atoms. The number of carbonyl (C=O) groups excluding carboxylic acids is 2. The first kappa shape index (κ1) is 52.3. The van der Waals surface area contributed by atoms with Crippen molar-refractivity contribution >= 4 is 19.8 Å². The van der Waals surface area contributed by atoms with Gasteiger partial charge in [0.2, 0.25) is 0 Å². The van der Waals surface area contributed by atoms with Gasteiger partial charge in [0.05, 0.1) is 13.2 Å². The van der Waals surface area contributed by atoms with Gasteiger partial charge in [-0.3, -0.25) is 18.6 Å². The number of carbonyl (C=O) groups is 2. The van der Waals surface area contributed by atoms with Crippen LogP contribution in [0.25, 0.3) is 0 Å². The molecule has 9 heteroatoms. The zero-order valence-corrected chi connectivity index (χ0v) is 36.0. The Bertz CT molecular complexity index is 979. The van der Waals surface area contributed by atoms with Crippen LogP contribution in [0, 0.1) is 0 Å². The molecule has 2 unspecified atom stereocenters. The van der Waals surface area contributed by atoms with Crippen molar-refractivity contribution in [1.82, 2.24) is 0 Å². The molecule has 2 atom stereocenters. The lowest BCUT2D eigenvalue weighted by Gasteiger charge is -2.19. The zero-order chi connectivity index (χ0) is 39.6. The highest BCUT2D eigenvalue weighted by atomic mass is 31.2. The molecule has 0 saturated carbocycles. The summed E-state index contributed by atoms with van der Waals surface area (Å²) in [6.45, 7) is 5.44. The lowest BCUT2D eigenvalue weighted by atomic mass is 10.1. The van der Waals surface area contributed by atoms with Crippen LogP contribution < -0.4 is 0 Å². The van der Waals surface area contributed by atoms with E-state index < -0.39 is 26.5 Å². The normalized spacial score (nSPS) is 13.6. The Hall–Kier alpha value is -1.73. The molecule has 0 spiro atoms. The third kappa shape index (κ3) is 39.9. The molecule has 0 fully saturated rings. The van der Waals surface area contributed by atoms with Gasteiger partial charge in [-0.2, -0.15) is 0 Å². The number of ether oxygens (including phenoxy) is 2. The Morgan fingerprint density at radius 3 is 1.37 bits per heavy atom. The van der Waals surface area contributed by atoms with Crippen molar-refractivity contribution in [3.8, 4) is 0 Å². The van der Waals surface area contributed by atoms with E-state index in [2.05, 4.69) is 50.3 Å². The quantitative estimate of drug-likeness (QED) is 0.0283. The molecule has 0 aromatic rings. The van der Waals surface area contributed by atoms with Crippen LogP contribution in [-0.2, 0) is 32.7 Å². The molecule has 0 aliphatic carbocycles. The van der Waals surface area contributed by atoms with Gasteiger partial charge in [-0.15, -0.1) is 0 Å². The van der Waals surface area contributed by atoms with Crippen molar-refractivity contribution in [2.45, 2.75) is 219 Å². The second kappa shape index (κ2) is 40.9. The minimum Gasteiger partial charge on any atom is -0.462 e. The van der Waals surface area contributed by atoms with Crippen molar-refractivity contribution in [2.75, 3.05) is 19.8 Å². The predicted molar refractivity (Wildman–Crippen MR) is 226 cm³/mol. The van der Waals surface area contributed by atoms with Gasteiger partial charge < -0.3 is 14.4 Å². The number of hydrogen-bond donors (Lipinski definition) is 1.